The van der Waals surface area contributed by atoms with E-state index in [0.29, 0.717) is 5.75 Å². The third-order valence-corrected chi connectivity index (χ3v) is 2.90. The number of halogens is 3. The first-order valence-corrected chi connectivity index (χ1v) is 5.68. The van der Waals surface area contributed by atoms with E-state index in [1.165, 1.54) is 31.4 Å². The van der Waals surface area contributed by atoms with Gasteiger partial charge in [0.15, 0.2) is 0 Å². The molecule has 7 heteroatoms. The molecule has 1 aliphatic heterocycles. The van der Waals surface area contributed by atoms with E-state index in [-0.39, 0.29) is 18.5 Å². The lowest BCUT2D eigenvalue weighted by molar-refractivity contribution is -0.191. The van der Waals surface area contributed by atoms with Crippen molar-refractivity contribution in [2.45, 2.75) is 18.6 Å². The van der Waals surface area contributed by atoms with Crippen molar-refractivity contribution in [3.05, 3.63) is 29.8 Å². The molecule has 0 aliphatic carbocycles. The van der Waals surface area contributed by atoms with E-state index < -0.39 is 18.1 Å². The summed E-state index contributed by atoms with van der Waals surface area (Å²) in [6.45, 7) is 0.0367. The predicted octanol–water partition coefficient (Wildman–Crippen LogP) is 2.04. The predicted molar refractivity (Wildman–Crippen MR) is 61.3 cm³/mol. The van der Waals surface area contributed by atoms with Crippen molar-refractivity contribution < 1.29 is 22.7 Å². The SMILES string of the molecule is COc1ccc(C(N2CCC(=O)N2)C(F)(F)F)cc1. The molecule has 0 aromatic heterocycles. The zero-order chi connectivity index (χ0) is 14.0. The van der Waals surface area contributed by atoms with Crippen molar-refractivity contribution in [1.82, 2.24) is 10.4 Å². The molecule has 0 bridgehead atoms. The number of rotatable bonds is 3. The minimum absolute atomic E-state index is 0.0367. The van der Waals surface area contributed by atoms with Crippen LogP contribution in [0.15, 0.2) is 24.3 Å². The van der Waals surface area contributed by atoms with Crippen molar-refractivity contribution in [3.8, 4) is 5.75 Å². The Balaban J connectivity index is 2.29. The third-order valence-electron chi connectivity index (χ3n) is 2.90. The highest BCUT2D eigenvalue weighted by atomic mass is 19.4. The van der Waals surface area contributed by atoms with Crippen LogP contribution in [0.2, 0.25) is 0 Å². The Bertz CT molecular complexity index is 459. The molecule has 104 valence electrons. The van der Waals surface area contributed by atoms with E-state index in [1.54, 1.807) is 0 Å². The Morgan fingerprint density at radius 1 is 1.32 bits per heavy atom. The number of hydrogen-bond donors (Lipinski definition) is 1. The van der Waals surface area contributed by atoms with Crippen molar-refractivity contribution in [3.63, 3.8) is 0 Å². The van der Waals surface area contributed by atoms with Gasteiger partial charge in [0, 0.05) is 13.0 Å². The minimum atomic E-state index is -4.47. The summed E-state index contributed by atoms with van der Waals surface area (Å²) in [5, 5.41) is 0.921. The maximum Gasteiger partial charge on any atom is 0.409 e. The number of hydrazine groups is 1. The fourth-order valence-corrected chi connectivity index (χ4v) is 2.02. The van der Waals surface area contributed by atoms with Crippen LogP contribution in [0, 0.1) is 0 Å². The van der Waals surface area contributed by atoms with Gasteiger partial charge in [0.25, 0.3) is 0 Å². The number of hydrogen-bond acceptors (Lipinski definition) is 3. The standard InChI is InChI=1S/C12H13F3N2O2/c1-19-9-4-2-8(3-5-9)11(12(13,14)15)17-7-6-10(18)16-17/h2-5,11H,6-7H2,1H3,(H,16,18). The normalized spacial score (nSPS) is 18.2. The van der Waals surface area contributed by atoms with Gasteiger partial charge < -0.3 is 4.74 Å². The molecule has 1 amide bonds. The Morgan fingerprint density at radius 3 is 2.37 bits per heavy atom. The number of carbonyl (C=O) groups is 1. The molecule has 1 aromatic rings. The van der Waals surface area contributed by atoms with E-state index >= 15 is 0 Å². The fourth-order valence-electron chi connectivity index (χ4n) is 2.02. The maximum absolute atomic E-state index is 13.1. The summed E-state index contributed by atoms with van der Waals surface area (Å²) < 4.78 is 44.3. The highest BCUT2D eigenvalue weighted by Crippen LogP contribution is 2.38. The highest BCUT2D eigenvalue weighted by Gasteiger charge is 2.46. The van der Waals surface area contributed by atoms with Gasteiger partial charge in [0.2, 0.25) is 5.91 Å². The Kier molecular flexibility index (Phi) is 3.66. The van der Waals surface area contributed by atoms with Crippen molar-refractivity contribution in [2.75, 3.05) is 13.7 Å². The van der Waals surface area contributed by atoms with Crippen LogP contribution in [0.1, 0.15) is 18.0 Å². The molecule has 0 radical (unpaired) electrons. The second-order valence-electron chi connectivity index (χ2n) is 4.20. The van der Waals surface area contributed by atoms with Crippen LogP contribution < -0.4 is 10.2 Å². The van der Waals surface area contributed by atoms with E-state index in [9.17, 15) is 18.0 Å². The second-order valence-corrected chi connectivity index (χ2v) is 4.20. The summed E-state index contributed by atoms with van der Waals surface area (Å²) in [6, 6.07) is 3.78. The molecule has 19 heavy (non-hydrogen) atoms. The lowest BCUT2D eigenvalue weighted by Crippen LogP contribution is -2.43. The zero-order valence-electron chi connectivity index (χ0n) is 10.2. The molecule has 1 N–H and O–H groups in total. The highest BCUT2D eigenvalue weighted by molar-refractivity contribution is 5.77. The molecule has 1 fully saturated rings. The van der Waals surface area contributed by atoms with Gasteiger partial charge in [-0.05, 0) is 17.7 Å². The van der Waals surface area contributed by atoms with Crippen LogP contribution in [-0.4, -0.2) is 30.7 Å². The van der Waals surface area contributed by atoms with Gasteiger partial charge in [0.1, 0.15) is 11.8 Å². The summed E-state index contributed by atoms with van der Waals surface area (Å²) in [5.41, 5.74) is 2.30. The molecular weight excluding hydrogens is 261 g/mol. The van der Waals surface area contributed by atoms with E-state index in [2.05, 4.69) is 5.43 Å². The first-order valence-electron chi connectivity index (χ1n) is 5.68. The number of carbonyl (C=O) groups excluding carboxylic acids is 1. The number of benzene rings is 1. The van der Waals surface area contributed by atoms with Crippen molar-refractivity contribution in [2.24, 2.45) is 0 Å². The minimum Gasteiger partial charge on any atom is -0.497 e. The molecule has 1 aliphatic rings. The van der Waals surface area contributed by atoms with Gasteiger partial charge >= 0.3 is 6.18 Å². The van der Waals surface area contributed by atoms with Crippen LogP contribution >= 0.6 is 0 Å². The van der Waals surface area contributed by atoms with Gasteiger partial charge in [-0.1, -0.05) is 12.1 Å². The first-order chi connectivity index (χ1) is 8.91. The quantitative estimate of drug-likeness (QED) is 0.917. The Hall–Kier alpha value is -1.76. The van der Waals surface area contributed by atoms with Gasteiger partial charge in [0.05, 0.1) is 7.11 Å². The maximum atomic E-state index is 13.1. The number of ether oxygens (including phenoxy) is 1. The van der Waals surface area contributed by atoms with E-state index in [1.807, 2.05) is 0 Å². The molecule has 0 saturated carbocycles. The number of methoxy groups -OCH3 is 1. The molecule has 1 atom stereocenters. The molecule has 4 nitrogen and oxygen atoms in total. The lowest BCUT2D eigenvalue weighted by Gasteiger charge is -2.29. The number of amides is 1. The van der Waals surface area contributed by atoms with Gasteiger partial charge in [-0.25, -0.2) is 5.01 Å². The average molecular weight is 274 g/mol. The van der Waals surface area contributed by atoms with Crippen LogP contribution in [-0.2, 0) is 4.79 Å². The lowest BCUT2D eigenvalue weighted by atomic mass is 10.1. The molecule has 2 rings (SSSR count). The van der Waals surface area contributed by atoms with Gasteiger partial charge in [-0.15, -0.1) is 0 Å². The summed E-state index contributed by atoms with van der Waals surface area (Å²) in [4.78, 5) is 11.1. The van der Waals surface area contributed by atoms with Crippen LogP contribution in [0.3, 0.4) is 0 Å². The molecule has 1 saturated heterocycles. The summed E-state index contributed by atoms with van der Waals surface area (Å²) >= 11 is 0. The van der Waals surface area contributed by atoms with Gasteiger partial charge in [-0.2, -0.15) is 13.2 Å². The third kappa shape index (κ3) is 2.98. The largest absolute Gasteiger partial charge is 0.497 e. The molecule has 0 spiro atoms. The average Bonchev–Trinajstić information content (AvgIpc) is 2.75. The fraction of sp³-hybridized carbons (Fsp3) is 0.417. The van der Waals surface area contributed by atoms with Crippen molar-refractivity contribution >= 4 is 5.91 Å². The smallest absolute Gasteiger partial charge is 0.409 e. The molecule has 1 aromatic carbocycles. The first kappa shape index (κ1) is 13.7. The van der Waals surface area contributed by atoms with Crippen LogP contribution in [0.25, 0.3) is 0 Å². The van der Waals surface area contributed by atoms with Crippen LogP contribution in [0.4, 0.5) is 13.2 Å². The van der Waals surface area contributed by atoms with E-state index in [0.717, 1.165) is 5.01 Å². The monoisotopic (exact) mass is 274 g/mol. The molecular formula is C12H13F3N2O2. The number of alkyl halides is 3. The Labute approximate surface area is 108 Å². The second kappa shape index (κ2) is 5.08. The Morgan fingerprint density at radius 2 is 1.95 bits per heavy atom. The number of nitrogens with one attached hydrogen (secondary N) is 1. The summed E-state index contributed by atoms with van der Waals surface area (Å²) in [5.74, 6) is 0.0814. The summed E-state index contributed by atoms with van der Waals surface area (Å²) in [6.07, 6.45) is -4.39. The van der Waals surface area contributed by atoms with Gasteiger partial charge in [-0.3, -0.25) is 10.2 Å². The van der Waals surface area contributed by atoms with Crippen LogP contribution in [0.5, 0.6) is 5.75 Å². The van der Waals surface area contributed by atoms with Crippen molar-refractivity contribution in [1.29, 1.82) is 0 Å². The summed E-state index contributed by atoms with van der Waals surface area (Å²) in [7, 11) is 1.44. The molecule has 1 unspecified atom stereocenters. The van der Waals surface area contributed by atoms with E-state index in [4.69, 9.17) is 4.74 Å². The molecule has 1 heterocycles. The zero-order valence-corrected chi connectivity index (χ0v) is 10.2. The number of nitrogens with zero attached hydrogens (tertiary/aromatic N) is 1. The topological polar surface area (TPSA) is 41.6 Å².